The van der Waals surface area contributed by atoms with Crippen LogP contribution in [0.25, 0.3) is 5.31 Å². The highest BCUT2D eigenvalue weighted by Gasteiger charge is 2.34. The highest BCUT2D eigenvalue weighted by atomic mass is 31.2. The van der Waals surface area contributed by atoms with Crippen molar-refractivity contribution in [3.63, 3.8) is 0 Å². The second kappa shape index (κ2) is 10.1. The third-order valence-corrected chi connectivity index (χ3v) is 8.35. The first-order valence-corrected chi connectivity index (χ1v) is 12.4. The van der Waals surface area contributed by atoms with Crippen LogP contribution in [0.2, 0.25) is 0 Å². The van der Waals surface area contributed by atoms with Crippen LogP contribution in [0.1, 0.15) is 22.8 Å². The molecule has 0 aromatic heterocycles. The van der Waals surface area contributed by atoms with Crippen molar-refractivity contribution in [1.29, 1.82) is 0 Å². The number of hydrogen-bond donors (Lipinski definition) is 1. The minimum absolute atomic E-state index is 0.225. The van der Waals surface area contributed by atoms with E-state index in [0.717, 1.165) is 0 Å². The number of carbonyl (C=O) groups excluding carboxylic acids is 1. The second-order valence-electron chi connectivity index (χ2n) is 7.43. The molecule has 4 heteroatoms. The molecule has 4 aromatic carbocycles. The van der Waals surface area contributed by atoms with Crippen molar-refractivity contribution in [3.05, 3.63) is 138 Å². The maximum atomic E-state index is 15.0. The molecule has 0 spiro atoms. The maximum absolute atomic E-state index is 15.0. The second-order valence-corrected chi connectivity index (χ2v) is 10.1. The highest BCUT2D eigenvalue weighted by Crippen LogP contribution is 2.57. The fraction of sp³-hybridized carbons (Fsp3) is 0.0345. The lowest BCUT2D eigenvalue weighted by atomic mass is 10.1. The van der Waals surface area contributed by atoms with Gasteiger partial charge in [0.25, 0.3) is 5.91 Å². The standard InChI is InChI=1S/C29H24NO2P/c1-2-14-28(33(32,24-17-8-4-9-18-24)25-19-10-5-11-20-25)26-21-12-13-22-27(26)30-29(31)23-15-6-3-7-16-23/h2-13,15-22H,1H3,(H,30,31). The molecule has 162 valence electrons. The number of nitrogens with one attached hydrogen (secondary N) is 1. The first kappa shape index (κ1) is 22.3. The number of rotatable bonds is 6. The number of carbonyl (C=O) groups is 1. The largest absolute Gasteiger partial charge is 0.321 e. The van der Waals surface area contributed by atoms with Crippen molar-refractivity contribution in [2.45, 2.75) is 6.92 Å². The molecule has 4 rings (SSSR count). The van der Waals surface area contributed by atoms with Crippen LogP contribution in [-0.2, 0) is 4.57 Å². The zero-order chi connectivity index (χ0) is 23.1. The number of allylic oxidation sites excluding steroid dienone is 1. The van der Waals surface area contributed by atoms with Gasteiger partial charge in [-0.1, -0.05) is 97.1 Å². The minimum Gasteiger partial charge on any atom is -0.321 e. The molecule has 0 radical (unpaired) electrons. The summed E-state index contributed by atoms with van der Waals surface area (Å²) >= 11 is 0. The minimum atomic E-state index is -3.29. The molecule has 0 saturated heterocycles. The van der Waals surface area contributed by atoms with Gasteiger partial charge in [0.2, 0.25) is 0 Å². The van der Waals surface area contributed by atoms with E-state index in [9.17, 15) is 9.36 Å². The fourth-order valence-corrected chi connectivity index (χ4v) is 6.58. The first-order chi connectivity index (χ1) is 16.1. The van der Waals surface area contributed by atoms with Gasteiger partial charge < -0.3 is 9.88 Å². The molecule has 4 aromatic rings. The van der Waals surface area contributed by atoms with E-state index in [1.54, 1.807) is 18.2 Å². The van der Waals surface area contributed by atoms with E-state index >= 15 is 0 Å². The number of anilines is 1. The van der Waals surface area contributed by atoms with Gasteiger partial charge in [-0.2, -0.15) is 0 Å². The molecule has 0 saturated carbocycles. The lowest BCUT2D eigenvalue weighted by molar-refractivity contribution is 0.102. The Morgan fingerprint density at radius 2 is 1.21 bits per heavy atom. The average molecular weight is 449 g/mol. The van der Waals surface area contributed by atoms with E-state index in [-0.39, 0.29) is 5.91 Å². The summed E-state index contributed by atoms with van der Waals surface area (Å²) in [6.45, 7) is 1.85. The Morgan fingerprint density at radius 3 is 1.76 bits per heavy atom. The summed E-state index contributed by atoms with van der Waals surface area (Å²) < 4.78 is 15.0. The van der Waals surface area contributed by atoms with Crippen LogP contribution in [0.4, 0.5) is 5.69 Å². The van der Waals surface area contributed by atoms with Crippen molar-refractivity contribution in [2.24, 2.45) is 0 Å². The van der Waals surface area contributed by atoms with E-state index in [4.69, 9.17) is 0 Å². The van der Waals surface area contributed by atoms with Gasteiger partial charge in [-0.15, -0.1) is 5.73 Å². The Morgan fingerprint density at radius 1 is 0.727 bits per heavy atom. The molecule has 1 amide bonds. The number of benzene rings is 4. The van der Waals surface area contributed by atoms with Gasteiger partial charge in [0.15, 0.2) is 7.14 Å². The molecular weight excluding hydrogens is 425 g/mol. The van der Waals surface area contributed by atoms with Crippen LogP contribution >= 0.6 is 7.14 Å². The molecule has 3 nitrogen and oxygen atoms in total. The fourth-order valence-electron chi connectivity index (χ4n) is 3.74. The molecule has 0 unspecified atom stereocenters. The predicted molar refractivity (Wildman–Crippen MR) is 138 cm³/mol. The molecule has 33 heavy (non-hydrogen) atoms. The van der Waals surface area contributed by atoms with E-state index in [1.165, 1.54) is 0 Å². The van der Waals surface area contributed by atoms with Crippen LogP contribution < -0.4 is 15.9 Å². The molecule has 0 aliphatic heterocycles. The SMILES string of the molecule is CC=C=C(c1ccccc1NC(=O)c1ccccc1)P(=O)(c1ccccc1)c1ccccc1. The lowest BCUT2D eigenvalue weighted by Crippen LogP contribution is -2.18. The third-order valence-electron chi connectivity index (χ3n) is 5.30. The topological polar surface area (TPSA) is 46.2 Å². The van der Waals surface area contributed by atoms with E-state index in [0.29, 0.717) is 32.7 Å². The van der Waals surface area contributed by atoms with Gasteiger partial charge in [-0.25, -0.2) is 0 Å². The van der Waals surface area contributed by atoms with Gasteiger partial charge in [0, 0.05) is 27.4 Å². The summed E-state index contributed by atoms with van der Waals surface area (Å²) in [4.78, 5) is 12.9. The summed E-state index contributed by atoms with van der Waals surface area (Å²) in [7, 11) is -3.29. The molecule has 0 heterocycles. The van der Waals surface area contributed by atoms with Crippen LogP contribution in [0.15, 0.2) is 127 Å². The molecule has 0 aliphatic rings. The molecule has 0 aliphatic carbocycles. The Bertz CT molecular complexity index is 1310. The van der Waals surface area contributed by atoms with E-state index in [1.807, 2.05) is 110 Å². The zero-order valence-corrected chi connectivity index (χ0v) is 19.2. The summed E-state index contributed by atoms with van der Waals surface area (Å²) in [5.41, 5.74) is 5.08. The normalized spacial score (nSPS) is 10.7. The Kier molecular flexibility index (Phi) is 6.86. The molecule has 1 N–H and O–H groups in total. The number of amides is 1. The number of para-hydroxylation sites is 1. The van der Waals surface area contributed by atoms with Crippen LogP contribution in [0.5, 0.6) is 0 Å². The zero-order valence-electron chi connectivity index (χ0n) is 18.3. The van der Waals surface area contributed by atoms with Crippen LogP contribution in [0.3, 0.4) is 0 Å². The number of hydrogen-bond acceptors (Lipinski definition) is 2. The van der Waals surface area contributed by atoms with Crippen molar-refractivity contribution in [1.82, 2.24) is 0 Å². The van der Waals surface area contributed by atoms with Gasteiger partial charge >= 0.3 is 0 Å². The van der Waals surface area contributed by atoms with Gasteiger partial charge in [0.1, 0.15) is 0 Å². The quantitative estimate of drug-likeness (QED) is 0.271. The monoisotopic (exact) mass is 449 g/mol. The van der Waals surface area contributed by atoms with Gasteiger partial charge in [-0.3, -0.25) is 4.79 Å². The smallest absolute Gasteiger partial charge is 0.255 e. The molecule has 0 bridgehead atoms. The Labute approximate surface area is 194 Å². The van der Waals surface area contributed by atoms with Crippen molar-refractivity contribution in [3.8, 4) is 0 Å². The molecule has 0 fully saturated rings. The third kappa shape index (κ3) is 4.66. The van der Waals surface area contributed by atoms with E-state index in [2.05, 4.69) is 11.0 Å². The van der Waals surface area contributed by atoms with Crippen molar-refractivity contribution in [2.75, 3.05) is 5.32 Å². The van der Waals surface area contributed by atoms with Crippen LogP contribution in [0, 0.1) is 0 Å². The summed E-state index contributed by atoms with van der Waals surface area (Å²) in [6, 6.07) is 35.4. The first-order valence-electron chi connectivity index (χ1n) is 10.7. The molecule has 0 atom stereocenters. The van der Waals surface area contributed by atoms with Gasteiger partial charge in [0.05, 0.1) is 5.31 Å². The Hall–Kier alpha value is -3.90. The lowest BCUT2D eigenvalue weighted by Gasteiger charge is -2.23. The summed E-state index contributed by atoms with van der Waals surface area (Å²) in [5.74, 6) is -0.225. The van der Waals surface area contributed by atoms with Gasteiger partial charge in [-0.05, 0) is 31.2 Å². The predicted octanol–water partition coefficient (Wildman–Crippen LogP) is 6.47. The van der Waals surface area contributed by atoms with Crippen LogP contribution in [-0.4, -0.2) is 5.91 Å². The van der Waals surface area contributed by atoms with Crippen molar-refractivity contribution < 1.29 is 9.36 Å². The Balaban J connectivity index is 1.90. The van der Waals surface area contributed by atoms with E-state index < -0.39 is 7.14 Å². The van der Waals surface area contributed by atoms with Crippen molar-refractivity contribution >= 4 is 34.7 Å². The summed E-state index contributed by atoms with van der Waals surface area (Å²) in [5, 5.41) is 4.98. The highest BCUT2D eigenvalue weighted by molar-refractivity contribution is 7.87. The molecular formula is C29H24NO2P. The average Bonchev–Trinajstić information content (AvgIpc) is 2.89. The summed E-state index contributed by atoms with van der Waals surface area (Å²) in [6.07, 6.45) is 1.77. The maximum Gasteiger partial charge on any atom is 0.255 e.